The first-order valence-corrected chi connectivity index (χ1v) is 8.40. The number of ether oxygens (including phenoxy) is 1. The molecule has 0 bridgehead atoms. The molecule has 0 atom stereocenters. The number of amides is 1. The molecule has 0 saturated carbocycles. The molecule has 1 aromatic heterocycles. The molecule has 0 fully saturated rings. The van der Waals surface area contributed by atoms with Gasteiger partial charge in [0.1, 0.15) is 12.3 Å². The molecule has 0 saturated heterocycles. The van der Waals surface area contributed by atoms with Gasteiger partial charge in [0.05, 0.1) is 18.0 Å². The van der Waals surface area contributed by atoms with E-state index < -0.39 is 17.8 Å². The van der Waals surface area contributed by atoms with Crippen LogP contribution in [0.15, 0.2) is 54.6 Å². The Balaban J connectivity index is 1.82. The van der Waals surface area contributed by atoms with Crippen molar-refractivity contribution in [3.63, 3.8) is 0 Å². The van der Waals surface area contributed by atoms with Crippen LogP contribution in [0.2, 0.25) is 0 Å². The zero-order valence-electron chi connectivity index (χ0n) is 14.5. The summed E-state index contributed by atoms with van der Waals surface area (Å²) in [5.74, 6) is -0.352. The van der Waals surface area contributed by atoms with E-state index in [1.165, 1.54) is 0 Å². The van der Waals surface area contributed by atoms with E-state index in [0.717, 1.165) is 10.7 Å². The third-order valence-electron chi connectivity index (χ3n) is 3.95. The van der Waals surface area contributed by atoms with Crippen molar-refractivity contribution in [2.75, 3.05) is 11.9 Å². The lowest BCUT2D eigenvalue weighted by Crippen LogP contribution is -2.22. The van der Waals surface area contributed by atoms with E-state index in [9.17, 15) is 18.0 Å². The molecule has 2 aromatic rings. The number of carbonyl (C=O) groups is 1. The van der Waals surface area contributed by atoms with Crippen LogP contribution in [0.5, 0.6) is 5.75 Å². The molecule has 0 radical (unpaired) electrons. The Morgan fingerprint density at radius 3 is 2.63 bits per heavy atom. The Morgan fingerprint density at radius 1 is 1.26 bits per heavy atom. The van der Waals surface area contributed by atoms with Gasteiger partial charge in [-0.05, 0) is 25.1 Å². The number of halogens is 3. The third kappa shape index (κ3) is 4.39. The summed E-state index contributed by atoms with van der Waals surface area (Å²) in [5.41, 5.74) is -0.260. The van der Waals surface area contributed by atoms with Crippen molar-refractivity contribution in [3.8, 4) is 5.75 Å². The Labute approximate surface area is 154 Å². The summed E-state index contributed by atoms with van der Waals surface area (Å²) in [7, 11) is 0. The van der Waals surface area contributed by atoms with Gasteiger partial charge in [-0.3, -0.25) is 9.48 Å². The lowest BCUT2D eigenvalue weighted by molar-refractivity contribution is -0.141. The van der Waals surface area contributed by atoms with E-state index >= 15 is 0 Å². The maximum Gasteiger partial charge on any atom is 0.435 e. The van der Waals surface area contributed by atoms with Crippen LogP contribution in [0.4, 0.5) is 18.9 Å². The van der Waals surface area contributed by atoms with Crippen molar-refractivity contribution < 1.29 is 22.7 Å². The minimum absolute atomic E-state index is 0.306. The van der Waals surface area contributed by atoms with Gasteiger partial charge < -0.3 is 10.1 Å². The first kappa shape index (κ1) is 18.8. The quantitative estimate of drug-likeness (QED) is 0.823. The SMILES string of the molecule is CCOc1ccccc1NC(=O)Cn1nc(C(F)(F)F)cc1C1C=CC=C1. The number of anilines is 1. The molecular weight excluding hydrogens is 359 g/mol. The van der Waals surface area contributed by atoms with Crippen LogP contribution < -0.4 is 10.1 Å². The standard InChI is InChI=1S/C19H18F3N3O2/c1-2-27-16-10-6-5-9-14(16)23-18(26)12-25-15(13-7-3-4-8-13)11-17(24-25)19(20,21)22/h3-11,13H,2,12H2,1H3,(H,23,26). The van der Waals surface area contributed by atoms with Gasteiger partial charge in [-0.1, -0.05) is 36.4 Å². The summed E-state index contributed by atoms with van der Waals surface area (Å²) in [6, 6.07) is 7.84. The predicted octanol–water partition coefficient (Wildman–Crippen LogP) is 4.15. The first-order valence-electron chi connectivity index (χ1n) is 8.40. The van der Waals surface area contributed by atoms with Gasteiger partial charge >= 0.3 is 6.18 Å². The Kier molecular flexibility index (Phi) is 5.34. The number of para-hydroxylation sites is 2. The molecule has 5 nitrogen and oxygen atoms in total. The van der Waals surface area contributed by atoms with Gasteiger partial charge in [0.25, 0.3) is 0 Å². The van der Waals surface area contributed by atoms with E-state index in [-0.39, 0.29) is 12.5 Å². The number of nitrogens with zero attached hydrogens (tertiary/aromatic N) is 2. The normalized spacial score (nSPS) is 13.9. The molecule has 27 heavy (non-hydrogen) atoms. The molecule has 142 valence electrons. The Bertz CT molecular complexity index is 873. The van der Waals surface area contributed by atoms with Crippen molar-refractivity contribution in [2.45, 2.75) is 25.6 Å². The summed E-state index contributed by atoms with van der Waals surface area (Å²) in [4.78, 5) is 12.4. The lowest BCUT2D eigenvalue weighted by atomic mass is 10.1. The fraction of sp³-hybridized carbons (Fsp3) is 0.263. The maximum atomic E-state index is 13.1. The number of aromatic nitrogens is 2. The van der Waals surface area contributed by atoms with Gasteiger partial charge in [-0.2, -0.15) is 18.3 Å². The Hall–Kier alpha value is -3.03. The van der Waals surface area contributed by atoms with Crippen molar-refractivity contribution in [3.05, 3.63) is 66.0 Å². The highest BCUT2D eigenvalue weighted by Gasteiger charge is 2.35. The number of hydrogen-bond donors (Lipinski definition) is 1. The predicted molar refractivity (Wildman–Crippen MR) is 94.5 cm³/mol. The fourth-order valence-corrected chi connectivity index (χ4v) is 2.77. The molecular formula is C19H18F3N3O2. The molecule has 1 heterocycles. The van der Waals surface area contributed by atoms with Crippen LogP contribution >= 0.6 is 0 Å². The third-order valence-corrected chi connectivity index (χ3v) is 3.95. The van der Waals surface area contributed by atoms with Crippen LogP contribution in [0.1, 0.15) is 24.2 Å². The van der Waals surface area contributed by atoms with Gasteiger partial charge in [-0.25, -0.2) is 0 Å². The topological polar surface area (TPSA) is 56.1 Å². The van der Waals surface area contributed by atoms with Crippen molar-refractivity contribution in [1.82, 2.24) is 9.78 Å². The molecule has 0 spiro atoms. The van der Waals surface area contributed by atoms with Crippen LogP contribution in [-0.4, -0.2) is 22.3 Å². The average Bonchev–Trinajstić information content (AvgIpc) is 3.25. The van der Waals surface area contributed by atoms with Crippen LogP contribution in [0.25, 0.3) is 0 Å². The van der Waals surface area contributed by atoms with Crippen molar-refractivity contribution in [2.24, 2.45) is 0 Å². The summed E-state index contributed by atoms with van der Waals surface area (Å²) in [5, 5.41) is 6.27. The van der Waals surface area contributed by atoms with Gasteiger partial charge in [0.2, 0.25) is 5.91 Å². The average molecular weight is 377 g/mol. The van der Waals surface area contributed by atoms with Gasteiger partial charge in [0, 0.05) is 5.92 Å². The number of hydrogen-bond acceptors (Lipinski definition) is 3. The van der Waals surface area contributed by atoms with E-state index in [0.29, 0.717) is 23.7 Å². The number of benzene rings is 1. The van der Waals surface area contributed by atoms with E-state index in [2.05, 4.69) is 10.4 Å². The number of carbonyl (C=O) groups excluding carboxylic acids is 1. The fourth-order valence-electron chi connectivity index (χ4n) is 2.77. The highest BCUT2D eigenvalue weighted by atomic mass is 19.4. The molecule has 8 heteroatoms. The second kappa shape index (κ2) is 7.69. The highest BCUT2D eigenvalue weighted by molar-refractivity contribution is 5.92. The minimum Gasteiger partial charge on any atom is -0.492 e. The van der Waals surface area contributed by atoms with Gasteiger partial charge in [-0.15, -0.1) is 0 Å². The summed E-state index contributed by atoms with van der Waals surface area (Å²) in [6.07, 6.45) is 2.40. The number of rotatable bonds is 6. The molecule has 1 N–H and O–H groups in total. The smallest absolute Gasteiger partial charge is 0.435 e. The molecule has 1 aliphatic carbocycles. The minimum atomic E-state index is -4.58. The zero-order chi connectivity index (χ0) is 19.4. The number of alkyl halides is 3. The van der Waals surface area contributed by atoms with E-state index in [1.807, 2.05) is 6.92 Å². The summed E-state index contributed by atoms with van der Waals surface area (Å²) >= 11 is 0. The summed E-state index contributed by atoms with van der Waals surface area (Å²) < 4.78 is 45.7. The van der Waals surface area contributed by atoms with E-state index in [4.69, 9.17) is 4.74 Å². The monoisotopic (exact) mass is 377 g/mol. The number of allylic oxidation sites excluding steroid dienone is 4. The Morgan fingerprint density at radius 2 is 1.96 bits per heavy atom. The summed E-state index contributed by atoms with van der Waals surface area (Å²) in [6.45, 7) is 1.89. The van der Waals surface area contributed by atoms with Crippen LogP contribution in [0.3, 0.4) is 0 Å². The number of nitrogens with one attached hydrogen (secondary N) is 1. The van der Waals surface area contributed by atoms with E-state index in [1.54, 1.807) is 48.6 Å². The molecule has 1 amide bonds. The molecule has 3 rings (SSSR count). The van der Waals surface area contributed by atoms with Crippen molar-refractivity contribution in [1.29, 1.82) is 0 Å². The second-order valence-electron chi connectivity index (χ2n) is 5.88. The lowest BCUT2D eigenvalue weighted by Gasteiger charge is -2.13. The molecule has 1 aliphatic rings. The maximum absolute atomic E-state index is 13.1. The van der Waals surface area contributed by atoms with Crippen molar-refractivity contribution >= 4 is 11.6 Å². The van der Waals surface area contributed by atoms with Crippen LogP contribution in [0, 0.1) is 0 Å². The zero-order valence-corrected chi connectivity index (χ0v) is 14.5. The largest absolute Gasteiger partial charge is 0.492 e. The molecule has 0 unspecified atom stereocenters. The van der Waals surface area contributed by atoms with Gasteiger partial charge in [0.15, 0.2) is 5.69 Å². The second-order valence-corrected chi connectivity index (χ2v) is 5.88. The molecule has 0 aliphatic heterocycles. The highest BCUT2D eigenvalue weighted by Crippen LogP contribution is 2.32. The molecule has 1 aromatic carbocycles. The van der Waals surface area contributed by atoms with Crippen LogP contribution in [-0.2, 0) is 17.5 Å². The first-order chi connectivity index (χ1) is 12.9.